The minimum Gasteiger partial charge on any atom is -0.270 e. The van der Waals surface area contributed by atoms with Crippen molar-refractivity contribution in [2.24, 2.45) is 0 Å². The van der Waals surface area contributed by atoms with Crippen LogP contribution in [0.3, 0.4) is 0 Å². The second-order valence-corrected chi connectivity index (χ2v) is 6.81. The standard InChI is InChI=1S/C7H7ClO5S2/c1-13-15(11,12)7-4-2-6(3-5-7)14(8,9)10/h2-5H,1H3. The van der Waals surface area contributed by atoms with Gasteiger partial charge in [0.1, 0.15) is 0 Å². The number of hydrogen-bond acceptors (Lipinski definition) is 5. The molecule has 0 heterocycles. The fourth-order valence-corrected chi connectivity index (χ4v) is 2.30. The molecular formula is C7H7ClO5S2. The first-order valence-electron chi connectivity index (χ1n) is 3.63. The summed E-state index contributed by atoms with van der Waals surface area (Å²) in [5, 5.41) is 0. The lowest BCUT2D eigenvalue weighted by Gasteiger charge is -2.01. The molecule has 0 N–H and O–H groups in total. The summed E-state index contributed by atoms with van der Waals surface area (Å²) in [7, 11) is -1.57. The van der Waals surface area contributed by atoms with Crippen molar-refractivity contribution in [1.82, 2.24) is 0 Å². The molecule has 1 aromatic carbocycles. The molecular weight excluding hydrogens is 264 g/mol. The maximum absolute atomic E-state index is 11.2. The Kier molecular flexibility index (Phi) is 3.39. The number of rotatable bonds is 3. The fourth-order valence-electron chi connectivity index (χ4n) is 0.865. The van der Waals surface area contributed by atoms with Gasteiger partial charge in [-0.25, -0.2) is 8.42 Å². The van der Waals surface area contributed by atoms with E-state index in [0.717, 1.165) is 31.4 Å². The second-order valence-electron chi connectivity index (χ2n) is 2.53. The molecule has 0 amide bonds. The van der Waals surface area contributed by atoms with Gasteiger partial charge in [-0.15, -0.1) is 0 Å². The monoisotopic (exact) mass is 270 g/mol. The lowest BCUT2D eigenvalue weighted by Crippen LogP contribution is -2.03. The van der Waals surface area contributed by atoms with Crippen LogP contribution in [0.2, 0.25) is 0 Å². The van der Waals surface area contributed by atoms with Crippen LogP contribution in [0, 0.1) is 0 Å². The smallest absolute Gasteiger partial charge is 0.270 e. The summed E-state index contributed by atoms with van der Waals surface area (Å²) in [5.41, 5.74) is 0. The molecule has 0 bridgehead atoms. The SMILES string of the molecule is COS(=O)(=O)c1ccc(S(=O)(=O)Cl)cc1. The minimum atomic E-state index is -3.84. The summed E-state index contributed by atoms with van der Waals surface area (Å²) in [6, 6.07) is 4.39. The van der Waals surface area contributed by atoms with Crippen LogP contribution < -0.4 is 0 Å². The van der Waals surface area contributed by atoms with Gasteiger partial charge in [0.05, 0.1) is 16.9 Å². The average Bonchev–Trinajstić information content (AvgIpc) is 2.17. The van der Waals surface area contributed by atoms with Crippen molar-refractivity contribution < 1.29 is 21.0 Å². The molecule has 0 spiro atoms. The topological polar surface area (TPSA) is 77.5 Å². The van der Waals surface area contributed by atoms with Crippen molar-refractivity contribution in [2.75, 3.05) is 7.11 Å². The van der Waals surface area contributed by atoms with Crippen LogP contribution in [-0.4, -0.2) is 23.9 Å². The van der Waals surface area contributed by atoms with Gasteiger partial charge in [0.15, 0.2) is 0 Å². The molecule has 15 heavy (non-hydrogen) atoms. The van der Waals surface area contributed by atoms with E-state index >= 15 is 0 Å². The molecule has 0 unspecified atom stereocenters. The van der Waals surface area contributed by atoms with Gasteiger partial charge in [0.2, 0.25) is 0 Å². The molecule has 1 rings (SSSR count). The van der Waals surface area contributed by atoms with Gasteiger partial charge in [-0.3, -0.25) is 4.18 Å². The average molecular weight is 271 g/mol. The summed E-state index contributed by atoms with van der Waals surface area (Å²) in [6.07, 6.45) is 0. The molecule has 0 aliphatic heterocycles. The maximum Gasteiger partial charge on any atom is 0.296 e. The first kappa shape index (κ1) is 12.4. The van der Waals surface area contributed by atoms with Gasteiger partial charge in [0.25, 0.3) is 19.2 Å². The lowest BCUT2D eigenvalue weighted by atomic mass is 10.4. The predicted octanol–water partition coefficient (Wildman–Crippen LogP) is 0.949. The largest absolute Gasteiger partial charge is 0.296 e. The third-order valence-corrected chi connectivity index (χ3v) is 4.27. The zero-order chi connectivity index (χ0) is 11.7. The molecule has 0 saturated carbocycles. The van der Waals surface area contributed by atoms with Crippen LogP contribution in [0.5, 0.6) is 0 Å². The van der Waals surface area contributed by atoms with E-state index in [0.29, 0.717) is 0 Å². The molecule has 0 aromatic heterocycles. The highest BCUT2D eigenvalue weighted by Crippen LogP contribution is 2.18. The molecule has 5 nitrogen and oxygen atoms in total. The normalized spacial score (nSPS) is 12.7. The van der Waals surface area contributed by atoms with Gasteiger partial charge in [-0.2, -0.15) is 8.42 Å². The van der Waals surface area contributed by atoms with E-state index in [1.54, 1.807) is 0 Å². The lowest BCUT2D eigenvalue weighted by molar-refractivity contribution is 0.397. The number of benzene rings is 1. The van der Waals surface area contributed by atoms with Gasteiger partial charge < -0.3 is 0 Å². The minimum absolute atomic E-state index is 0.130. The van der Waals surface area contributed by atoms with E-state index in [-0.39, 0.29) is 9.79 Å². The molecule has 0 atom stereocenters. The van der Waals surface area contributed by atoms with Crippen molar-refractivity contribution in [3.05, 3.63) is 24.3 Å². The molecule has 84 valence electrons. The van der Waals surface area contributed by atoms with Crippen molar-refractivity contribution >= 4 is 29.9 Å². The van der Waals surface area contributed by atoms with Crippen molar-refractivity contribution in [2.45, 2.75) is 9.79 Å². The van der Waals surface area contributed by atoms with E-state index in [2.05, 4.69) is 4.18 Å². The first-order chi connectivity index (χ1) is 6.77. The highest BCUT2D eigenvalue weighted by molar-refractivity contribution is 8.13. The highest BCUT2D eigenvalue weighted by Gasteiger charge is 2.15. The second kappa shape index (κ2) is 4.09. The Balaban J connectivity index is 3.24. The fraction of sp³-hybridized carbons (Fsp3) is 0.143. The Hall–Kier alpha value is -0.630. The van der Waals surface area contributed by atoms with E-state index < -0.39 is 19.2 Å². The quantitative estimate of drug-likeness (QED) is 0.604. The van der Waals surface area contributed by atoms with E-state index in [4.69, 9.17) is 10.7 Å². The van der Waals surface area contributed by atoms with Crippen molar-refractivity contribution in [3.63, 3.8) is 0 Å². The zero-order valence-corrected chi connectivity index (χ0v) is 9.93. The Morgan fingerprint density at radius 2 is 1.40 bits per heavy atom. The van der Waals surface area contributed by atoms with Gasteiger partial charge in [0, 0.05) is 10.7 Å². The molecule has 0 fully saturated rings. The van der Waals surface area contributed by atoms with Gasteiger partial charge in [-0.05, 0) is 24.3 Å². The van der Waals surface area contributed by atoms with Crippen LogP contribution >= 0.6 is 10.7 Å². The highest BCUT2D eigenvalue weighted by atomic mass is 35.7. The van der Waals surface area contributed by atoms with Gasteiger partial charge >= 0.3 is 0 Å². The zero-order valence-electron chi connectivity index (χ0n) is 7.55. The van der Waals surface area contributed by atoms with Crippen molar-refractivity contribution in [3.8, 4) is 0 Å². The Morgan fingerprint density at radius 3 is 1.73 bits per heavy atom. The number of halogens is 1. The first-order valence-corrected chi connectivity index (χ1v) is 7.34. The van der Waals surface area contributed by atoms with Crippen LogP contribution in [0.15, 0.2) is 34.1 Å². The summed E-state index contributed by atoms with van der Waals surface area (Å²) >= 11 is 0. The van der Waals surface area contributed by atoms with E-state index in [1.807, 2.05) is 0 Å². The predicted molar refractivity (Wildman–Crippen MR) is 53.7 cm³/mol. The summed E-state index contributed by atoms with van der Waals surface area (Å²) in [4.78, 5) is -0.298. The molecule has 0 aliphatic carbocycles. The summed E-state index contributed by atoms with van der Waals surface area (Å²) in [6.45, 7) is 0. The van der Waals surface area contributed by atoms with E-state index in [1.165, 1.54) is 0 Å². The molecule has 8 heteroatoms. The summed E-state index contributed by atoms with van der Waals surface area (Å²) in [5.74, 6) is 0. The Bertz CT molecular complexity index is 544. The molecule has 0 saturated heterocycles. The van der Waals surface area contributed by atoms with Crippen LogP contribution in [0.4, 0.5) is 0 Å². The molecule has 1 aromatic rings. The van der Waals surface area contributed by atoms with Gasteiger partial charge in [-0.1, -0.05) is 0 Å². The van der Waals surface area contributed by atoms with E-state index in [9.17, 15) is 16.8 Å². The van der Waals surface area contributed by atoms with Crippen LogP contribution in [0.1, 0.15) is 0 Å². The maximum atomic E-state index is 11.2. The molecule has 0 aliphatic rings. The number of hydrogen-bond donors (Lipinski definition) is 0. The van der Waals surface area contributed by atoms with Crippen LogP contribution in [-0.2, 0) is 23.4 Å². The third kappa shape index (κ3) is 2.91. The third-order valence-electron chi connectivity index (χ3n) is 1.61. The Labute approximate surface area is 92.2 Å². The molecule has 0 radical (unpaired) electrons. The Morgan fingerprint density at radius 1 is 1.00 bits per heavy atom. The van der Waals surface area contributed by atoms with Crippen molar-refractivity contribution in [1.29, 1.82) is 0 Å². The summed E-state index contributed by atoms with van der Waals surface area (Å²) < 4.78 is 48.2. The van der Waals surface area contributed by atoms with Crippen LogP contribution in [0.25, 0.3) is 0 Å².